The van der Waals surface area contributed by atoms with E-state index in [0.717, 1.165) is 32.5 Å². The van der Waals surface area contributed by atoms with E-state index in [1.807, 2.05) is 27.7 Å². The molecule has 2 amide bonds. The van der Waals surface area contributed by atoms with Gasteiger partial charge in [-0.2, -0.15) is 0 Å². The summed E-state index contributed by atoms with van der Waals surface area (Å²) in [5.74, 6) is 0.751. The number of aryl methyl sites for hydroxylation is 1. The first-order valence-electron chi connectivity index (χ1n) is 10.3. The third-order valence-electron chi connectivity index (χ3n) is 4.73. The maximum Gasteiger partial charge on any atom is 0.245 e. The lowest BCUT2D eigenvalue weighted by atomic mass is 9.91. The predicted octanol–water partition coefficient (Wildman–Crippen LogP) is 3.70. The molecule has 1 rings (SSSR count). The van der Waals surface area contributed by atoms with Gasteiger partial charge in [-0.05, 0) is 51.7 Å². The molecule has 0 aliphatic carbocycles. The lowest BCUT2D eigenvalue weighted by molar-refractivity contribution is -0.138. The summed E-state index contributed by atoms with van der Waals surface area (Å²) in [7, 11) is 0. The Kier molecular flexibility index (Phi) is 9.65. The number of hydrogen-bond acceptors (Lipinski definition) is 5. The van der Waals surface area contributed by atoms with Crippen molar-refractivity contribution in [3.63, 3.8) is 0 Å². The van der Waals surface area contributed by atoms with Gasteiger partial charge in [0.15, 0.2) is 5.82 Å². The first-order valence-corrected chi connectivity index (χ1v) is 10.3. The van der Waals surface area contributed by atoms with E-state index in [9.17, 15) is 9.59 Å². The van der Waals surface area contributed by atoms with Gasteiger partial charge in [0.25, 0.3) is 0 Å². The Hall–Kier alpha value is -1.89. The second-order valence-corrected chi connectivity index (χ2v) is 8.65. The van der Waals surface area contributed by atoms with E-state index in [4.69, 9.17) is 4.52 Å². The summed E-state index contributed by atoms with van der Waals surface area (Å²) < 4.78 is 4.98. The minimum Gasteiger partial charge on any atom is -0.360 e. The first kappa shape index (κ1) is 24.1. The van der Waals surface area contributed by atoms with Crippen LogP contribution < -0.4 is 5.32 Å². The van der Waals surface area contributed by atoms with Gasteiger partial charge in [0.05, 0.1) is 0 Å². The number of carbonyl (C=O) groups is 2. The largest absolute Gasteiger partial charge is 0.360 e. The SMILES string of the molecule is CCN(CC)CCC[C@H](C)N(CC(=O)Nc1cc(C)on1)C(=O)CC(C)(C)C. The van der Waals surface area contributed by atoms with Crippen LogP contribution in [0.3, 0.4) is 0 Å². The molecule has 1 aromatic rings. The number of carbonyl (C=O) groups excluding carboxylic acids is 2. The van der Waals surface area contributed by atoms with E-state index < -0.39 is 0 Å². The van der Waals surface area contributed by atoms with Gasteiger partial charge in [-0.15, -0.1) is 0 Å². The average molecular weight is 395 g/mol. The van der Waals surface area contributed by atoms with Crippen LogP contribution in [0.4, 0.5) is 5.82 Å². The molecule has 0 bridgehead atoms. The van der Waals surface area contributed by atoms with Crippen molar-refractivity contribution >= 4 is 17.6 Å². The van der Waals surface area contributed by atoms with Gasteiger partial charge in [0.1, 0.15) is 12.3 Å². The molecule has 7 heteroatoms. The minimum absolute atomic E-state index is 0.00444. The van der Waals surface area contributed by atoms with Gasteiger partial charge < -0.3 is 19.6 Å². The molecule has 0 fully saturated rings. The molecule has 1 aromatic heterocycles. The Balaban J connectivity index is 2.74. The molecular weight excluding hydrogens is 356 g/mol. The van der Waals surface area contributed by atoms with Crippen LogP contribution in [0.15, 0.2) is 10.6 Å². The van der Waals surface area contributed by atoms with Crippen molar-refractivity contribution in [3.8, 4) is 0 Å². The molecule has 0 unspecified atom stereocenters. The molecule has 0 spiro atoms. The number of hydrogen-bond donors (Lipinski definition) is 1. The van der Waals surface area contributed by atoms with Gasteiger partial charge in [-0.25, -0.2) is 0 Å². The molecule has 0 aliphatic heterocycles. The van der Waals surface area contributed by atoms with Crippen molar-refractivity contribution in [3.05, 3.63) is 11.8 Å². The van der Waals surface area contributed by atoms with E-state index in [1.165, 1.54) is 0 Å². The highest BCUT2D eigenvalue weighted by molar-refractivity contribution is 5.94. The van der Waals surface area contributed by atoms with Crippen LogP contribution in [0.2, 0.25) is 0 Å². The van der Waals surface area contributed by atoms with E-state index in [-0.39, 0.29) is 29.8 Å². The lowest BCUT2D eigenvalue weighted by Gasteiger charge is -2.32. The molecule has 0 aliphatic rings. The highest BCUT2D eigenvalue weighted by Crippen LogP contribution is 2.21. The maximum absolute atomic E-state index is 12.9. The van der Waals surface area contributed by atoms with Crippen molar-refractivity contribution in [1.82, 2.24) is 15.0 Å². The van der Waals surface area contributed by atoms with Gasteiger partial charge in [-0.1, -0.05) is 39.8 Å². The van der Waals surface area contributed by atoms with Gasteiger partial charge in [-0.3, -0.25) is 9.59 Å². The summed E-state index contributed by atoms with van der Waals surface area (Å²) in [5.41, 5.74) is -0.129. The first-order chi connectivity index (χ1) is 13.1. The molecule has 1 heterocycles. The Labute approximate surface area is 169 Å². The fourth-order valence-corrected chi connectivity index (χ4v) is 3.11. The van der Waals surface area contributed by atoms with Crippen LogP contribution in [0.25, 0.3) is 0 Å². The molecule has 1 N–H and O–H groups in total. The van der Waals surface area contributed by atoms with Crippen LogP contribution in [0.1, 0.15) is 66.6 Å². The van der Waals surface area contributed by atoms with Crippen molar-refractivity contribution in [2.75, 3.05) is 31.5 Å². The van der Waals surface area contributed by atoms with Gasteiger partial charge in [0.2, 0.25) is 11.8 Å². The van der Waals surface area contributed by atoms with Crippen LogP contribution in [0.5, 0.6) is 0 Å². The van der Waals surface area contributed by atoms with Crippen LogP contribution in [-0.4, -0.2) is 59.0 Å². The number of rotatable bonds is 11. The Morgan fingerprint density at radius 1 is 1.25 bits per heavy atom. The van der Waals surface area contributed by atoms with Crippen LogP contribution in [0, 0.1) is 12.3 Å². The highest BCUT2D eigenvalue weighted by Gasteiger charge is 2.26. The Morgan fingerprint density at radius 3 is 2.39 bits per heavy atom. The summed E-state index contributed by atoms with van der Waals surface area (Å²) in [6.07, 6.45) is 2.26. The van der Waals surface area contributed by atoms with E-state index in [2.05, 4.69) is 29.2 Å². The monoisotopic (exact) mass is 394 g/mol. The van der Waals surface area contributed by atoms with Gasteiger partial charge >= 0.3 is 0 Å². The smallest absolute Gasteiger partial charge is 0.245 e. The van der Waals surface area contributed by atoms with Crippen molar-refractivity contribution in [2.24, 2.45) is 5.41 Å². The maximum atomic E-state index is 12.9. The Bertz CT molecular complexity index is 617. The lowest BCUT2D eigenvalue weighted by Crippen LogP contribution is -2.45. The van der Waals surface area contributed by atoms with E-state index in [1.54, 1.807) is 17.9 Å². The average Bonchev–Trinajstić information content (AvgIpc) is 2.99. The molecule has 0 saturated heterocycles. The van der Waals surface area contributed by atoms with E-state index in [0.29, 0.717) is 18.0 Å². The molecule has 7 nitrogen and oxygen atoms in total. The third-order valence-corrected chi connectivity index (χ3v) is 4.73. The van der Waals surface area contributed by atoms with Crippen molar-refractivity contribution in [2.45, 2.75) is 73.8 Å². The predicted molar refractivity (Wildman–Crippen MR) is 112 cm³/mol. The van der Waals surface area contributed by atoms with Crippen LogP contribution >= 0.6 is 0 Å². The molecule has 0 aromatic carbocycles. The van der Waals surface area contributed by atoms with Crippen molar-refractivity contribution in [1.29, 1.82) is 0 Å². The van der Waals surface area contributed by atoms with Gasteiger partial charge in [0, 0.05) is 18.5 Å². The fraction of sp³-hybridized carbons (Fsp3) is 0.762. The summed E-state index contributed by atoms with van der Waals surface area (Å²) in [6.45, 7) is 17.3. The molecule has 28 heavy (non-hydrogen) atoms. The highest BCUT2D eigenvalue weighted by atomic mass is 16.5. The molecule has 1 atom stereocenters. The van der Waals surface area contributed by atoms with Crippen LogP contribution in [-0.2, 0) is 9.59 Å². The quantitative estimate of drug-likeness (QED) is 0.619. The van der Waals surface area contributed by atoms with Crippen molar-refractivity contribution < 1.29 is 14.1 Å². The minimum atomic E-state index is -0.258. The molecule has 160 valence electrons. The number of nitrogens with one attached hydrogen (secondary N) is 1. The number of amides is 2. The zero-order valence-corrected chi connectivity index (χ0v) is 18.7. The molecule has 0 saturated carbocycles. The van der Waals surface area contributed by atoms with E-state index >= 15 is 0 Å². The number of nitrogens with zero attached hydrogens (tertiary/aromatic N) is 3. The summed E-state index contributed by atoms with van der Waals surface area (Å²) in [4.78, 5) is 29.5. The zero-order valence-electron chi connectivity index (χ0n) is 18.7. The number of aromatic nitrogens is 1. The second-order valence-electron chi connectivity index (χ2n) is 8.65. The molecular formula is C21H38N4O3. The second kappa shape index (κ2) is 11.2. The topological polar surface area (TPSA) is 78.7 Å². The molecule has 0 radical (unpaired) electrons. The zero-order chi connectivity index (χ0) is 21.3. The standard InChI is InChI=1S/C21H38N4O3/c1-8-24(9-2)12-10-11-16(3)25(20(27)14-21(5,6)7)15-19(26)22-18-13-17(4)28-23-18/h13,16H,8-12,14-15H2,1-7H3,(H,22,23,26)/t16-/m0/s1. The fourth-order valence-electron chi connectivity index (χ4n) is 3.11. The summed E-state index contributed by atoms with van der Waals surface area (Å²) >= 11 is 0. The normalized spacial score (nSPS) is 12.9. The summed E-state index contributed by atoms with van der Waals surface area (Å²) in [6, 6.07) is 1.66. The Morgan fingerprint density at radius 2 is 1.89 bits per heavy atom. The summed E-state index contributed by atoms with van der Waals surface area (Å²) in [5, 5.41) is 6.50. The number of anilines is 1. The third kappa shape index (κ3) is 8.87.